The molecular formula is C39H39NO9. The van der Waals surface area contributed by atoms with Crippen LogP contribution in [0.3, 0.4) is 0 Å². The number of unbranched alkanes of at least 4 members (excludes halogenated alkanes) is 2. The smallest absolute Gasteiger partial charge is 0.346 e. The number of nitrogens with zero attached hydrogens (tertiary/aromatic N) is 1. The normalized spacial score (nSPS) is 14.5. The van der Waals surface area contributed by atoms with Crippen molar-refractivity contribution in [1.82, 2.24) is 4.90 Å². The fourth-order valence-electron chi connectivity index (χ4n) is 7.52. The van der Waals surface area contributed by atoms with E-state index in [1.807, 2.05) is 36.4 Å². The standard InChI is InChI=1S/C39H39NO9/c1-45-19-21-47-17-5-3-7-23(8-4-6-18-48-22-20-46-2)40-36(41)28-13-9-24-26-11-15-30-35-31(39(44)49-38(30)43)16-12-27(33(26)35)25-10-14-29(37(40)42)34(28)32(24)25/h9-16,23H,3-8,17-22H2,1-2H3. The van der Waals surface area contributed by atoms with Gasteiger partial charge in [0.25, 0.3) is 11.8 Å². The highest BCUT2D eigenvalue weighted by atomic mass is 16.6. The topological polar surface area (TPSA) is 118 Å². The first-order valence-electron chi connectivity index (χ1n) is 16.9. The quantitative estimate of drug-likeness (QED) is 0.0268. The molecule has 0 bridgehead atoms. The Morgan fingerprint density at radius 3 is 1.35 bits per heavy atom. The summed E-state index contributed by atoms with van der Waals surface area (Å²) in [6.45, 7) is 3.32. The molecule has 10 heteroatoms. The predicted octanol–water partition coefficient (Wildman–Crippen LogP) is 6.68. The van der Waals surface area contributed by atoms with Crippen LogP contribution >= 0.6 is 0 Å². The van der Waals surface area contributed by atoms with Gasteiger partial charge in [-0.3, -0.25) is 14.5 Å². The molecule has 254 valence electrons. The van der Waals surface area contributed by atoms with Crippen molar-refractivity contribution in [2.24, 2.45) is 0 Å². The highest BCUT2D eigenvalue weighted by Gasteiger charge is 2.38. The minimum absolute atomic E-state index is 0.275. The third-order valence-electron chi connectivity index (χ3n) is 9.81. The van der Waals surface area contributed by atoms with E-state index < -0.39 is 11.9 Å². The van der Waals surface area contributed by atoms with E-state index >= 15 is 0 Å². The lowest BCUT2D eigenvalue weighted by atomic mass is 9.82. The number of esters is 2. The Labute approximate surface area is 283 Å². The van der Waals surface area contributed by atoms with Crippen LogP contribution in [0.4, 0.5) is 0 Å². The van der Waals surface area contributed by atoms with Gasteiger partial charge >= 0.3 is 11.9 Å². The van der Waals surface area contributed by atoms with Gasteiger partial charge < -0.3 is 23.7 Å². The van der Waals surface area contributed by atoms with Gasteiger partial charge in [-0.25, -0.2) is 9.59 Å². The molecule has 0 N–H and O–H groups in total. The second-order valence-electron chi connectivity index (χ2n) is 12.7. The summed E-state index contributed by atoms with van der Waals surface area (Å²) < 4.78 is 26.4. The van der Waals surface area contributed by atoms with Gasteiger partial charge in [-0.2, -0.15) is 0 Å². The van der Waals surface area contributed by atoms with Crippen LogP contribution < -0.4 is 0 Å². The molecule has 0 unspecified atom stereocenters. The lowest BCUT2D eigenvalue weighted by Gasteiger charge is -2.35. The Balaban J connectivity index is 1.24. The number of imide groups is 1. The molecule has 0 saturated heterocycles. The summed E-state index contributed by atoms with van der Waals surface area (Å²) in [4.78, 5) is 55.6. The van der Waals surface area contributed by atoms with E-state index in [2.05, 4.69) is 0 Å². The number of methoxy groups -OCH3 is 2. The molecule has 0 aromatic heterocycles. The molecule has 0 saturated carbocycles. The van der Waals surface area contributed by atoms with E-state index in [0.717, 1.165) is 58.0 Å². The minimum atomic E-state index is -0.666. The van der Waals surface area contributed by atoms with Gasteiger partial charge in [-0.1, -0.05) is 24.3 Å². The van der Waals surface area contributed by atoms with Crippen LogP contribution in [0.5, 0.6) is 0 Å². The van der Waals surface area contributed by atoms with E-state index in [4.69, 9.17) is 23.7 Å². The lowest BCUT2D eigenvalue weighted by molar-refractivity contribution is 0.0388. The molecule has 0 aliphatic carbocycles. The van der Waals surface area contributed by atoms with Crippen molar-refractivity contribution in [3.8, 4) is 0 Å². The monoisotopic (exact) mass is 665 g/mol. The number of rotatable bonds is 17. The summed E-state index contributed by atoms with van der Waals surface area (Å²) in [6, 6.07) is 14.3. The number of carbonyl (C=O) groups is 4. The van der Waals surface area contributed by atoms with E-state index in [-0.39, 0.29) is 17.9 Å². The molecule has 5 aromatic carbocycles. The van der Waals surface area contributed by atoms with E-state index in [9.17, 15) is 19.2 Å². The molecule has 10 nitrogen and oxygen atoms in total. The number of benzene rings is 5. The van der Waals surface area contributed by atoms with Crippen LogP contribution in [0, 0.1) is 0 Å². The average molecular weight is 666 g/mol. The maximum absolute atomic E-state index is 14.4. The molecule has 49 heavy (non-hydrogen) atoms. The van der Waals surface area contributed by atoms with Gasteiger partial charge in [0, 0.05) is 55.4 Å². The second-order valence-corrected chi connectivity index (χ2v) is 12.7. The number of hydrogen-bond acceptors (Lipinski definition) is 9. The Kier molecular flexibility index (Phi) is 9.55. The summed E-state index contributed by atoms with van der Waals surface area (Å²) >= 11 is 0. The number of hydrogen-bond donors (Lipinski definition) is 0. The van der Waals surface area contributed by atoms with E-state index in [1.54, 1.807) is 26.4 Å². The first-order chi connectivity index (χ1) is 24.0. The zero-order chi connectivity index (χ0) is 34.1. The van der Waals surface area contributed by atoms with Gasteiger partial charge in [-0.05, 0) is 95.1 Å². The van der Waals surface area contributed by atoms with Crippen molar-refractivity contribution < 1.29 is 42.9 Å². The largest absolute Gasteiger partial charge is 0.386 e. The Morgan fingerprint density at radius 1 is 0.510 bits per heavy atom. The lowest BCUT2D eigenvalue weighted by Crippen LogP contribution is -2.47. The first kappa shape index (κ1) is 33.0. The average Bonchev–Trinajstić information content (AvgIpc) is 3.11. The van der Waals surface area contributed by atoms with Crippen molar-refractivity contribution >= 4 is 66.8 Å². The molecule has 2 aliphatic rings. The molecule has 2 heterocycles. The predicted molar refractivity (Wildman–Crippen MR) is 185 cm³/mol. The summed E-state index contributed by atoms with van der Waals surface area (Å²) in [7, 11) is 3.28. The number of cyclic esters (lactones) is 2. The fraction of sp³-hybridized carbons (Fsp3) is 0.385. The molecule has 7 rings (SSSR count). The highest BCUT2D eigenvalue weighted by Crippen LogP contribution is 2.46. The van der Waals surface area contributed by atoms with Gasteiger partial charge in [0.2, 0.25) is 0 Å². The van der Waals surface area contributed by atoms with Crippen LogP contribution in [0.25, 0.3) is 43.1 Å². The second kappa shape index (κ2) is 14.2. The third kappa shape index (κ3) is 5.82. The molecule has 5 aromatic rings. The molecule has 0 atom stereocenters. The molecule has 2 aliphatic heterocycles. The SMILES string of the molecule is COCCOCCCCC(CCCCOCCOC)N1C(=O)c2ccc3c4ccc5c6c(ccc(c7ccc(c2c37)C1=O)c64)C(=O)OC5=O. The van der Waals surface area contributed by atoms with Crippen molar-refractivity contribution in [3.63, 3.8) is 0 Å². The maximum atomic E-state index is 14.4. The van der Waals surface area contributed by atoms with Gasteiger partial charge in [0.1, 0.15) is 0 Å². The minimum Gasteiger partial charge on any atom is -0.386 e. The van der Waals surface area contributed by atoms with Crippen molar-refractivity contribution in [1.29, 1.82) is 0 Å². The van der Waals surface area contributed by atoms with Gasteiger partial charge in [-0.15, -0.1) is 0 Å². The molecular weight excluding hydrogens is 626 g/mol. The number of ether oxygens (including phenoxy) is 5. The molecule has 2 amide bonds. The number of fused-ring (bicyclic) bond motifs is 2. The van der Waals surface area contributed by atoms with Crippen LogP contribution in [0.15, 0.2) is 48.5 Å². The van der Waals surface area contributed by atoms with Crippen molar-refractivity contribution in [3.05, 3.63) is 70.8 Å². The molecule has 0 fully saturated rings. The van der Waals surface area contributed by atoms with Gasteiger partial charge in [0.05, 0.1) is 37.6 Å². The fourth-order valence-corrected chi connectivity index (χ4v) is 7.52. The zero-order valence-electron chi connectivity index (χ0n) is 27.8. The van der Waals surface area contributed by atoms with Crippen molar-refractivity contribution in [2.75, 3.05) is 53.9 Å². The van der Waals surface area contributed by atoms with Crippen LogP contribution in [0.2, 0.25) is 0 Å². The van der Waals surface area contributed by atoms with E-state index in [1.165, 1.54) is 4.90 Å². The highest BCUT2D eigenvalue weighted by molar-refractivity contribution is 6.40. The summed E-state index contributed by atoms with van der Waals surface area (Å²) in [5.74, 6) is -1.91. The number of amides is 2. The summed E-state index contributed by atoms with van der Waals surface area (Å²) in [5.41, 5.74) is 1.69. The van der Waals surface area contributed by atoms with Crippen LogP contribution in [-0.2, 0) is 23.7 Å². The van der Waals surface area contributed by atoms with Crippen LogP contribution in [-0.4, -0.2) is 88.6 Å². The number of carbonyl (C=O) groups excluding carboxylic acids is 4. The zero-order valence-corrected chi connectivity index (χ0v) is 27.8. The van der Waals surface area contributed by atoms with Gasteiger partial charge in [0.15, 0.2) is 0 Å². The van der Waals surface area contributed by atoms with Crippen LogP contribution in [0.1, 0.15) is 80.0 Å². The summed E-state index contributed by atoms with van der Waals surface area (Å²) in [5, 5.41) is 6.23. The Bertz CT molecular complexity index is 1950. The molecule has 0 radical (unpaired) electrons. The van der Waals surface area contributed by atoms with Crippen molar-refractivity contribution in [2.45, 2.75) is 44.6 Å². The Morgan fingerprint density at radius 2 is 0.918 bits per heavy atom. The Hall–Kier alpha value is -4.48. The third-order valence-corrected chi connectivity index (χ3v) is 9.81. The van der Waals surface area contributed by atoms with E-state index in [0.29, 0.717) is 85.5 Å². The first-order valence-corrected chi connectivity index (χ1v) is 16.9. The maximum Gasteiger partial charge on any atom is 0.346 e. The molecule has 0 spiro atoms. The summed E-state index contributed by atoms with van der Waals surface area (Å²) in [6.07, 6.45) is 4.58.